The van der Waals surface area contributed by atoms with Crippen LogP contribution in [0.25, 0.3) is 0 Å². The standard InChI is InChI=1S/C20H23ClN2O4S/c1-20(2)17(12-5-8-14(9-6-12)28(22,25)26)18(20)19(24)23(3)15-11-13(21)7-10-16(15)27-4/h5-11,17-18H,1-4H3,(H2,22,25,26)/t17-,18+/m1/s1. The van der Waals surface area contributed by atoms with E-state index in [0.717, 1.165) is 5.56 Å². The minimum absolute atomic E-state index is 0.0258. The summed E-state index contributed by atoms with van der Waals surface area (Å²) in [7, 11) is -0.502. The molecule has 2 aromatic carbocycles. The summed E-state index contributed by atoms with van der Waals surface area (Å²) in [5.41, 5.74) is 1.24. The first-order chi connectivity index (χ1) is 13.0. The molecule has 0 bridgehead atoms. The first-order valence-electron chi connectivity index (χ1n) is 8.72. The Balaban J connectivity index is 1.88. The highest BCUT2D eigenvalue weighted by molar-refractivity contribution is 7.89. The molecule has 8 heteroatoms. The van der Waals surface area contributed by atoms with E-state index in [1.54, 1.807) is 49.4 Å². The van der Waals surface area contributed by atoms with Crippen molar-refractivity contribution in [3.63, 3.8) is 0 Å². The number of methoxy groups -OCH3 is 1. The Morgan fingerprint density at radius 1 is 1.18 bits per heavy atom. The number of hydrogen-bond donors (Lipinski definition) is 1. The predicted molar refractivity (Wildman–Crippen MR) is 109 cm³/mol. The first kappa shape index (κ1) is 20.6. The SMILES string of the molecule is COc1ccc(Cl)cc1N(C)C(=O)[C@@H]1[C@@H](c2ccc(S(N)(=O)=O)cc2)C1(C)C. The molecule has 2 N–H and O–H groups in total. The van der Waals surface area contributed by atoms with Gasteiger partial charge in [0.15, 0.2) is 0 Å². The molecule has 0 radical (unpaired) electrons. The molecule has 1 aliphatic carbocycles. The van der Waals surface area contributed by atoms with E-state index in [1.807, 2.05) is 13.8 Å². The number of hydrogen-bond acceptors (Lipinski definition) is 4. The maximum Gasteiger partial charge on any atom is 0.238 e. The molecule has 150 valence electrons. The second-order valence-electron chi connectivity index (χ2n) is 7.60. The van der Waals surface area contributed by atoms with Crippen LogP contribution in [0, 0.1) is 11.3 Å². The molecule has 3 rings (SSSR count). The summed E-state index contributed by atoms with van der Waals surface area (Å²) in [6.07, 6.45) is 0. The molecule has 1 amide bonds. The topological polar surface area (TPSA) is 89.7 Å². The highest BCUT2D eigenvalue weighted by atomic mass is 35.5. The van der Waals surface area contributed by atoms with Gasteiger partial charge in [-0.05, 0) is 41.3 Å². The van der Waals surface area contributed by atoms with E-state index < -0.39 is 10.0 Å². The van der Waals surface area contributed by atoms with Crippen molar-refractivity contribution in [2.75, 3.05) is 19.1 Å². The van der Waals surface area contributed by atoms with Crippen molar-refractivity contribution in [1.82, 2.24) is 0 Å². The zero-order chi connectivity index (χ0) is 20.9. The van der Waals surface area contributed by atoms with E-state index in [-0.39, 0.29) is 28.1 Å². The fraction of sp³-hybridized carbons (Fsp3) is 0.350. The average molecular weight is 423 g/mol. The van der Waals surface area contributed by atoms with Gasteiger partial charge in [0.2, 0.25) is 15.9 Å². The Kier molecular flexibility index (Phi) is 5.20. The number of carbonyl (C=O) groups excluding carboxylic acids is 1. The summed E-state index contributed by atoms with van der Waals surface area (Å²) < 4.78 is 28.3. The van der Waals surface area contributed by atoms with Crippen molar-refractivity contribution in [1.29, 1.82) is 0 Å². The molecule has 1 saturated carbocycles. The van der Waals surface area contributed by atoms with E-state index in [1.165, 1.54) is 12.1 Å². The fourth-order valence-electron chi connectivity index (χ4n) is 3.84. The largest absolute Gasteiger partial charge is 0.495 e. The fourth-order valence-corrected chi connectivity index (χ4v) is 4.52. The highest BCUT2D eigenvalue weighted by Gasteiger charge is 2.63. The molecule has 0 heterocycles. The van der Waals surface area contributed by atoms with Gasteiger partial charge in [-0.15, -0.1) is 0 Å². The maximum atomic E-state index is 13.2. The van der Waals surface area contributed by atoms with E-state index in [0.29, 0.717) is 16.5 Å². The van der Waals surface area contributed by atoms with Gasteiger partial charge < -0.3 is 9.64 Å². The van der Waals surface area contributed by atoms with Gasteiger partial charge in [-0.25, -0.2) is 13.6 Å². The van der Waals surface area contributed by atoms with E-state index >= 15 is 0 Å². The van der Waals surface area contributed by atoms with Crippen LogP contribution in [0.4, 0.5) is 5.69 Å². The maximum absolute atomic E-state index is 13.2. The number of nitrogens with zero attached hydrogens (tertiary/aromatic N) is 1. The average Bonchev–Trinajstić information content (AvgIpc) is 3.21. The Hall–Kier alpha value is -2.09. The number of rotatable bonds is 5. The summed E-state index contributed by atoms with van der Waals surface area (Å²) in [6.45, 7) is 4.05. The van der Waals surface area contributed by atoms with Crippen molar-refractivity contribution in [2.24, 2.45) is 16.5 Å². The molecule has 6 nitrogen and oxygen atoms in total. The molecule has 2 aromatic rings. The van der Waals surface area contributed by atoms with E-state index in [4.69, 9.17) is 21.5 Å². The molecule has 0 aliphatic heterocycles. The Labute approximate surface area is 170 Å². The summed E-state index contributed by atoms with van der Waals surface area (Å²) in [5.74, 6) is 0.238. The Morgan fingerprint density at radius 2 is 1.79 bits per heavy atom. The number of benzene rings is 2. The number of anilines is 1. The van der Waals surface area contributed by atoms with Gasteiger partial charge in [-0.3, -0.25) is 4.79 Å². The molecule has 0 saturated heterocycles. The van der Waals surface area contributed by atoms with Crippen LogP contribution in [0.3, 0.4) is 0 Å². The lowest BCUT2D eigenvalue weighted by Crippen LogP contribution is -2.29. The van der Waals surface area contributed by atoms with Crippen LogP contribution in [0.15, 0.2) is 47.4 Å². The van der Waals surface area contributed by atoms with Crippen LogP contribution in [0.2, 0.25) is 5.02 Å². The minimum atomic E-state index is -3.75. The summed E-state index contributed by atoms with van der Waals surface area (Å²) in [6, 6.07) is 11.5. The Morgan fingerprint density at radius 3 is 2.32 bits per heavy atom. The van der Waals surface area contributed by atoms with Crippen LogP contribution in [0.1, 0.15) is 25.3 Å². The van der Waals surface area contributed by atoms with Crippen LogP contribution < -0.4 is 14.8 Å². The lowest BCUT2D eigenvalue weighted by atomic mass is 10.0. The van der Waals surface area contributed by atoms with Crippen LogP contribution in [-0.4, -0.2) is 28.5 Å². The third kappa shape index (κ3) is 3.62. The van der Waals surface area contributed by atoms with Crippen molar-refractivity contribution >= 4 is 33.2 Å². The molecule has 2 atom stereocenters. The number of amides is 1. The smallest absolute Gasteiger partial charge is 0.238 e. The second-order valence-corrected chi connectivity index (χ2v) is 9.60. The molecule has 0 unspecified atom stereocenters. The lowest BCUT2D eigenvalue weighted by Gasteiger charge is -2.21. The monoisotopic (exact) mass is 422 g/mol. The van der Waals surface area contributed by atoms with Crippen molar-refractivity contribution in [2.45, 2.75) is 24.7 Å². The van der Waals surface area contributed by atoms with Crippen molar-refractivity contribution in [3.8, 4) is 5.75 Å². The lowest BCUT2D eigenvalue weighted by molar-refractivity contribution is -0.120. The molecule has 0 spiro atoms. The van der Waals surface area contributed by atoms with Crippen molar-refractivity contribution < 1.29 is 17.9 Å². The van der Waals surface area contributed by atoms with Crippen LogP contribution >= 0.6 is 11.6 Å². The summed E-state index contributed by atoms with van der Waals surface area (Å²) in [4.78, 5) is 14.8. The zero-order valence-electron chi connectivity index (χ0n) is 16.1. The van der Waals surface area contributed by atoms with Gasteiger partial charge in [0.25, 0.3) is 0 Å². The minimum Gasteiger partial charge on any atom is -0.495 e. The summed E-state index contributed by atoms with van der Waals surface area (Å²) >= 11 is 6.10. The third-order valence-corrected chi connectivity index (χ3v) is 6.66. The highest BCUT2D eigenvalue weighted by Crippen LogP contribution is 2.65. The van der Waals surface area contributed by atoms with Crippen LogP contribution in [-0.2, 0) is 14.8 Å². The number of ether oxygens (including phenoxy) is 1. The Bertz CT molecular complexity index is 1020. The third-order valence-electron chi connectivity index (χ3n) is 5.49. The number of sulfonamides is 1. The van der Waals surface area contributed by atoms with Crippen LogP contribution in [0.5, 0.6) is 5.75 Å². The number of carbonyl (C=O) groups is 1. The second kappa shape index (κ2) is 7.06. The molecular formula is C20H23ClN2O4S. The van der Waals surface area contributed by atoms with Gasteiger partial charge in [0.1, 0.15) is 5.75 Å². The molecular weight excluding hydrogens is 400 g/mol. The number of primary sulfonamides is 1. The molecule has 1 fully saturated rings. The van der Waals surface area contributed by atoms with E-state index in [2.05, 4.69) is 0 Å². The zero-order valence-corrected chi connectivity index (χ0v) is 17.7. The normalized spacial score (nSPS) is 20.5. The van der Waals surface area contributed by atoms with E-state index in [9.17, 15) is 13.2 Å². The van der Waals surface area contributed by atoms with Gasteiger partial charge in [0, 0.05) is 18.0 Å². The van der Waals surface area contributed by atoms with Gasteiger partial charge in [-0.2, -0.15) is 0 Å². The molecule has 1 aliphatic rings. The summed E-state index contributed by atoms with van der Waals surface area (Å²) in [5, 5.41) is 5.67. The van der Waals surface area contributed by atoms with Gasteiger partial charge >= 0.3 is 0 Å². The number of nitrogens with two attached hydrogens (primary N) is 1. The van der Waals surface area contributed by atoms with Gasteiger partial charge in [-0.1, -0.05) is 37.6 Å². The predicted octanol–water partition coefficient (Wildman–Crippen LogP) is 3.40. The van der Waals surface area contributed by atoms with Gasteiger partial charge in [0.05, 0.1) is 23.6 Å². The molecule has 28 heavy (non-hydrogen) atoms. The van der Waals surface area contributed by atoms with Crippen molar-refractivity contribution in [3.05, 3.63) is 53.1 Å². The molecule has 0 aromatic heterocycles. The quantitative estimate of drug-likeness (QED) is 0.799. The first-order valence-corrected chi connectivity index (χ1v) is 10.6. The number of halogens is 1.